The fraction of sp³-hybridized carbons (Fsp3) is 1.00. The zero-order valence-electron chi connectivity index (χ0n) is 21.3. The second-order valence-corrected chi connectivity index (χ2v) is 12.8. The Morgan fingerprint density at radius 2 is 1.16 bits per heavy atom. The topological polar surface area (TPSA) is 58.2 Å². The van der Waals surface area contributed by atoms with Gasteiger partial charge in [0.1, 0.15) is 0 Å². The van der Waals surface area contributed by atoms with E-state index in [1.54, 1.807) is 0 Å². The van der Waals surface area contributed by atoms with Gasteiger partial charge in [-0.3, -0.25) is 0 Å². The van der Waals surface area contributed by atoms with Crippen molar-refractivity contribution < 1.29 is 22.8 Å². The van der Waals surface area contributed by atoms with Gasteiger partial charge in [0.25, 0.3) is 0 Å². The normalized spacial score (nSPS) is 12.6. The van der Waals surface area contributed by atoms with Gasteiger partial charge in [-0.1, -0.05) is 40.7 Å². The smallest absolute Gasteiger partial charge is 0.373 e. The second-order valence-electron chi connectivity index (χ2n) is 8.10. The van der Waals surface area contributed by atoms with Crippen LogP contribution < -0.4 is 5.32 Å². The third-order valence-corrected chi connectivity index (χ3v) is 9.50. The van der Waals surface area contributed by atoms with Crippen molar-refractivity contribution in [3.05, 3.63) is 0 Å². The van der Waals surface area contributed by atoms with Crippen molar-refractivity contribution in [2.24, 2.45) is 0 Å². The van der Waals surface area contributed by atoms with Crippen LogP contribution in [0.5, 0.6) is 0 Å². The van der Waals surface area contributed by atoms with Crippen LogP contribution in [0.3, 0.4) is 0 Å². The minimum absolute atomic E-state index is 0.0342. The van der Waals surface area contributed by atoms with E-state index in [1.807, 2.05) is 0 Å². The molecule has 0 bridgehead atoms. The van der Waals surface area contributed by atoms with Crippen LogP contribution in [0.4, 0.5) is 0 Å². The Hall–Kier alpha value is 0.194. The van der Waals surface area contributed by atoms with Crippen molar-refractivity contribution in [1.82, 2.24) is 5.32 Å². The summed E-state index contributed by atoms with van der Waals surface area (Å²) in [6.07, 6.45) is 7.41. The molecule has 0 spiro atoms. The summed E-state index contributed by atoms with van der Waals surface area (Å²) in [6, 6.07) is 3.37. The molecule has 0 aliphatic rings. The van der Waals surface area contributed by atoms with E-state index in [4.69, 9.17) is 22.8 Å². The summed E-state index contributed by atoms with van der Waals surface area (Å²) in [5.41, 5.74) is 0. The Bertz CT molecular complexity index is 337. The van der Waals surface area contributed by atoms with Gasteiger partial charge in [0.05, 0.1) is 0 Å². The summed E-state index contributed by atoms with van der Waals surface area (Å²) in [5.74, 6) is 0. The summed E-state index contributed by atoms with van der Waals surface area (Å²) >= 11 is 0. The fourth-order valence-corrected chi connectivity index (χ4v) is 7.52. The number of rotatable bonds is 25. The minimum atomic E-state index is -2.54. The lowest BCUT2D eigenvalue weighted by Gasteiger charge is -2.29. The molecule has 0 rings (SSSR count). The molecule has 0 saturated carbocycles. The van der Waals surface area contributed by atoms with Gasteiger partial charge in [0.15, 0.2) is 6.29 Å². The molecule has 31 heavy (non-hydrogen) atoms. The first kappa shape index (κ1) is 31.2. The number of nitrogens with one attached hydrogen (secondary N) is 1. The van der Waals surface area contributed by atoms with Gasteiger partial charge >= 0.3 is 8.80 Å². The lowest BCUT2D eigenvalue weighted by atomic mass is 10.4. The standard InChI is InChI=1S/C23H53NO5Si2/c1-6-15-25-23(26-16-7-2)22-30-20-11-13-24-14-12-21-31(27-17-8-3,28-18-9-4)29-19-10-5/h23-24H,6-22,30H2,1-5H3. The molecule has 0 fully saturated rings. The minimum Gasteiger partial charge on any atom is -0.373 e. The first-order chi connectivity index (χ1) is 15.2. The summed E-state index contributed by atoms with van der Waals surface area (Å²) in [6.45, 7) is 16.6. The van der Waals surface area contributed by atoms with Gasteiger partial charge in [0, 0.05) is 48.6 Å². The molecule has 0 aromatic rings. The third kappa shape index (κ3) is 18.3. The van der Waals surface area contributed by atoms with Crippen molar-refractivity contribution >= 4 is 18.3 Å². The first-order valence-corrected chi connectivity index (χ1v) is 17.0. The van der Waals surface area contributed by atoms with E-state index in [1.165, 1.54) is 12.5 Å². The monoisotopic (exact) mass is 479 g/mol. The summed E-state index contributed by atoms with van der Waals surface area (Å²) in [4.78, 5) is 0. The van der Waals surface area contributed by atoms with Crippen LogP contribution in [0.1, 0.15) is 79.6 Å². The Labute approximate surface area is 196 Å². The van der Waals surface area contributed by atoms with E-state index in [-0.39, 0.29) is 15.8 Å². The van der Waals surface area contributed by atoms with Crippen LogP contribution in [-0.4, -0.2) is 70.7 Å². The molecule has 0 unspecified atom stereocenters. The Morgan fingerprint density at radius 3 is 1.65 bits per heavy atom. The van der Waals surface area contributed by atoms with E-state index in [2.05, 4.69) is 39.9 Å². The highest BCUT2D eigenvalue weighted by molar-refractivity contribution is 6.60. The average Bonchev–Trinajstić information content (AvgIpc) is 2.79. The molecular formula is C23H53NO5Si2. The van der Waals surface area contributed by atoms with Gasteiger partial charge < -0.3 is 28.1 Å². The predicted molar refractivity (Wildman–Crippen MR) is 136 cm³/mol. The van der Waals surface area contributed by atoms with Gasteiger partial charge in [-0.05, 0) is 64.1 Å². The van der Waals surface area contributed by atoms with Crippen LogP contribution >= 0.6 is 0 Å². The number of ether oxygens (including phenoxy) is 2. The van der Waals surface area contributed by atoms with E-state index >= 15 is 0 Å². The molecule has 0 atom stereocenters. The van der Waals surface area contributed by atoms with Crippen LogP contribution in [0.15, 0.2) is 0 Å². The number of hydrogen-bond donors (Lipinski definition) is 1. The van der Waals surface area contributed by atoms with Crippen molar-refractivity contribution in [3.63, 3.8) is 0 Å². The van der Waals surface area contributed by atoms with Crippen LogP contribution in [0, 0.1) is 0 Å². The van der Waals surface area contributed by atoms with Gasteiger partial charge in [-0.2, -0.15) is 0 Å². The van der Waals surface area contributed by atoms with Crippen LogP contribution in [0.25, 0.3) is 0 Å². The molecular weight excluding hydrogens is 426 g/mol. The van der Waals surface area contributed by atoms with E-state index in [0.717, 1.165) is 96.7 Å². The lowest BCUT2D eigenvalue weighted by Crippen LogP contribution is -2.47. The van der Waals surface area contributed by atoms with Crippen molar-refractivity contribution in [2.75, 3.05) is 46.1 Å². The van der Waals surface area contributed by atoms with Gasteiger partial charge in [-0.25, -0.2) is 0 Å². The van der Waals surface area contributed by atoms with E-state index in [0.29, 0.717) is 0 Å². The highest BCUT2D eigenvalue weighted by atomic mass is 28.4. The summed E-state index contributed by atoms with van der Waals surface area (Å²) in [5, 5.41) is 3.60. The molecule has 0 aromatic carbocycles. The van der Waals surface area contributed by atoms with Crippen molar-refractivity contribution in [3.8, 4) is 0 Å². The maximum absolute atomic E-state index is 6.17. The second kappa shape index (κ2) is 23.4. The number of hydrogen-bond acceptors (Lipinski definition) is 6. The quantitative estimate of drug-likeness (QED) is 0.116. The van der Waals surface area contributed by atoms with Crippen LogP contribution in [0.2, 0.25) is 18.1 Å². The molecule has 1 N–H and O–H groups in total. The molecule has 0 radical (unpaired) electrons. The Balaban J connectivity index is 4.05. The molecule has 0 aromatic heterocycles. The van der Waals surface area contributed by atoms with E-state index in [9.17, 15) is 0 Å². The largest absolute Gasteiger partial charge is 0.501 e. The maximum Gasteiger partial charge on any atom is 0.501 e. The molecule has 0 aliphatic carbocycles. The van der Waals surface area contributed by atoms with Crippen molar-refractivity contribution in [2.45, 2.75) is 104 Å². The zero-order chi connectivity index (χ0) is 23.0. The Morgan fingerprint density at radius 1 is 0.677 bits per heavy atom. The van der Waals surface area contributed by atoms with E-state index < -0.39 is 8.80 Å². The molecule has 0 aliphatic heterocycles. The van der Waals surface area contributed by atoms with Crippen molar-refractivity contribution in [1.29, 1.82) is 0 Å². The Kier molecular flexibility index (Phi) is 23.5. The maximum atomic E-state index is 6.17. The first-order valence-electron chi connectivity index (χ1n) is 13.0. The highest BCUT2D eigenvalue weighted by Crippen LogP contribution is 2.19. The molecule has 6 nitrogen and oxygen atoms in total. The molecule has 0 amide bonds. The average molecular weight is 480 g/mol. The molecule has 0 saturated heterocycles. The SMILES string of the molecule is CCCOC(C[SiH2]CCCNCCC[Si](OCCC)(OCCC)OCCC)OCCC. The molecule has 188 valence electrons. The third-order valence-electron chi connectivity index (χ3n) is 4.72. The van der Waals surface area contributed by atoms with Crippen LogP contribution in [-0.2, 0) is 22.8 Å². The summed E-state index contributed by atoms with van der Waals surface area (Å²) in [7, 11) is -2.66. The summed E-state index contributed by atoms with van der Waals surface area (Å²) < 4.78 is 30.2. The molecule has 8 heteroatoms. The van der Waals surface area contributed by atoms with Gasteiger partial charge in [0.2, 0.25) is 0 Å². The molecule has 0 heterocycles. The zero-order valence-corrected chi connectivity index (χ0v) is 23.8. The fourth-order valence-electron chi connectivity index (χ4n) is 3.12. The predicted octanol–water partition coefficient (Wildman–Crippen LogP) is 4.76. The van der Waals surface area contributed by atoms with Gasteiger partial charge in [-0.15, -0.1) is 0 Å². The lowest BCUT2D eigenvalue weighted by molar-refractivity contribution is -0.129. The highest BCUT2D eigenvalue weighted by Gasteiger charge is 2.40.